The number of aryl methyl sites for hydroxylation is 3. The van der Waals surface area contributed by atoms with Gasteiger partial charge in [-0.05, 0) is 38.8 Å². The van der Waals surface area contributed by atoms with Gasteiger partial charge in [0.1, 0.15) is 6.16 Å². The van der Waals surface area contributed by atoms with Gasteiger partial charge in [-0.1, -0.05) is 17.7 Å². The van der Waals surface area contributed by atoms with Crippen molar-refractivity contribution in [1.82, 2.24) is 0 Å². The van der Waals surface area contributed by atoms with E-state index in [-0.39, 0.29) is 38.6 Å². The molecule has 0 bridgehead atoms. The molecule has 4 heteroatoms. The smallest absolute Gasteiger partial charge is 0.261 e. The van der Waals surface area contributed by atoms with Crippen molar-refractivity contribution in [3.8, 4) is 0 Å². The van der Waals surface area contributed by atoms with E-state index >= 15 is 0 Å². The maximum absolute atomic E-state index is 12.1. The van der Waals surface area contributed by atoms with Crippen molar-refractivity contribution in [3.63, 3.8) is 0 Å². The number of anilines is 1. The molecule has 0 aliphatic heterocycles. The summed E-state index contributed by atoms with van der Waals surface area (Å²) in [5.41, 5.74) is 4.52. The van der Waals surface area contributed by atoms with Crippen LogP contribution in [-0.4, -0.2) is 31.6 Å². The zero-order valence-corrected chi connectivity index (χ0v) is 16.7. The minimum absolute atomic E-state index is 0. The third-order valence-corrected chi connectivity index (χ3v) is 6.22. The van der Waals surface area contributed by atoms with Gasteiger partial charge in [0.05, 0.1) is 6.16 Å². The van der Waals surface area contributed by atoms with Crippen molar-refractivity contribution in [2.45, 2.75) is 27.7 Å². The predicted octanol–water partition coefficient (Wildman–Crippen LogP) is 3.84. The summed E-state index contributed by atoms with van der Waals surface area (Å²) in [6.07, 6.45) is 1.79. The minimum Gasteiger partial charge on any atom is -0.322 e. The Morgan fingerprint density at radius 1 is 1.16 bits per heavy atom. The average Bonchev–Trinajstić information content (AvgIpc) is 2.22. The molecular weight excluding hydrogens is 330 g/mol. The van der Waals surface area contributed by atoms with Gasteiger partial charge in [-0.3, -0.25) is 4.79 Å². The topological polar surface area (TPSA) is 29.1 Å². The summed E-state index contributed by atoms with van der Waals surface area (Å²) in [6.45, 7) is 12.8. The summed E-state index contributed by atoms with van der Waals surface area (Å²) in [5.74, 6) is 0.158. The van der Waals surface area contributed by atoms with Gasteiger partial charge in [-0.2, -0.15) is 0 Å². The van der Waals surface area contributed by atoms with Crippen LogP contribution in [0.3, 0.4) is 0 Å². The molecule has 0 aliphatic carbocycles. The summed E-state index contributed by atoms with van der Waals surface area (Å²) in [5, 5.41) is 3.08. The first-order valence-electron chi connectivity index (χ1n) is 6.45. The molecule has 1 amide bonds. The molecule has 1 radical (unpaired) electrons. The molecule has 0 aliphatic rings. The van der Waals surface area contributed by atoms with Crippen LogP contribution < -0.4 is 5.32 Å². The molecule has 1 N–H and O–H groups in total. The average molecular weight is 355 g/mol. The van der Waals surface area contributed by atoms with E-state index < -0.39 is 7.26 Å². The van der Waals surface area contributed by atoms with Gasteiger partial charge in [0.2, 0.25) is 0 Å². The molecule has 0 saturated carbocycles. The molecular formula is C15H25NOPY+. The third kappa shape index (κ3) is 6.02. The standard InChI is InChI=1S/C15H24NOP.Y/c1-7-18(5,6)10-14(17)16-15-12(3)8-11(2)9-13(15)4;/h8-9H,7,10H2,1-6H3;/p+1. The SMILES string of the molecule is CC[P+](C)(C)CC(=O)Nc1c(C)cc(C)cc1C.[Y]. The largest absolute Gasteiger partial charge is 0.322 e. The van der Waals surface area contributed by atoms with Crippen LogP contribution in [-0.2, 0) is 37.5 Å². The first-order chi connectivity index (χ1) is 8.25. The van der Waals surface area contributed by atoms with E-state index in [1.165, 1.54) is 5.56 Å². The summed E-state index contributed by atoms with van der Waals surface area (Å²) >= 11 is 0. The van der Waals surface area contributed by atoms with E-state index in [0.717, 1.165) is 23.0 Å². The third-order valence-electron chi connectivity index (χ3n) is 3.37. The van der Waals surface area contributed by atoms with Crippen molar-refractivity contribution in [2.75, 3.05) is 31.0 Å². The Labute approximate surface area is 143 Å². The number of hydrogen-bond donors (Lipinski definition) is 1. The van der Waals surface area contributed by atoms with E-state index in [4.69, 9.17) is 0 Å². The molecule has 0 atom stereocenters. The maximum Gasteiger partial charge on any atom is 0.261 e. The fourth-order valence-corrected chi connectivity index (χ4v) is 3.14. The summed E-state index contributed by atoms with van der Waals surface area (Å²) in [7, 11) is -1.07. The molecule has 0 saturated heterocycles. The molecule has 103 valence electrons. The van der Waals surface area contributed by atoms with Gasteiger partial charge in [0.15, 0.2) is 0 Å². The van der Waals surface area contributed by atoms with Crippen LogP contribution in [0.2, 0.25) is 0 Å². The van der Waals surface area contributed by atoms with Crippen LogP contribution in [0.5, 0.6) is 0 Å². The number of hydrogen-bond acceptors (Lipinski definition) is 1. The van der Waals surface area contributed by atoms with Gasteiger partial charge in [-0.15, -0.1) is 0 Å². The Morgan fingerprint density at radius 2 is 1.63 bits per heavy atom. The number of rotatable bonds is 4. The van der Waals surface area contributed by atoms with E-state index in [2.05, 4.69) is 58.5 Å². The van der Waals surface area contributed by atoms with Crippen molar-refractivity contribution < 1.29 is 37.5 Å². The second-order valence-corrected chi connectivity index (χ2v) is 10.6. The van der Waals surface area contributed by atoms with E-state index in [0.29, 0.717) is 6.16 Å². The second kappa shape index (κ2) is 7.86. The maximum atomic E-state index is 12.1. The van der Waals surface area contributed by atoms with E-state index in [1.54, 1.807) is 0 Å². The summed E-state index contributed by atoms with van der Waals surface area (Å²) < 4.78 is 0. The number of nitrogens with one attached hydrogen (secondary N) is 1. The molecule has 0 aromatic heterocycles. The normalized spacial score (nSPS) is 10.8. The van der Waals surface area contributed by atoms with Gasteiger partial charge in [-0.25, -0.2) is 0 Å². The van der Waals surface area contributed by atoms with Gasteiger partial charge < -0.3 is 5.32 Å². The minimum atomic E-state index is -1.07. The fraction of sp³-hybridized carbons (Fsp3) is 0.533. The van der Waals surface area contributed by atoms with Crippen LogP contribution in [0.25, 0.3) is 0 Å². The van der Waals surface area contributed by atoms with Crippen LogP contribution in [0.15, 0.2) is 12.1 Å². The van der Waals surface area contributed by atoms with Crippen molar-refractivity contribution >= 4 is 18.9 Å². The van der Waals surface area contributed by atoms with Crippen LogP contribution >= 0.6 is 7.26 Å². The Hall–Kier alpha value is 0.224. The monoisotopic (exact) mass is 355 g/mol. The zero-order chi connectivity index (χ0) is 13.9. The fourth-order valence-electron chi connectivity index (χ4n) is 2.06. The van der Waals surface area contributed by atoms with Crippen molar-refractivity contribution in [2.24, 2.45) is 0 Å². The van der Waals surface area contributed by atoms with Crippen molar-refractivity contribution in [1.29, 1.82) is 0 Å². The second-order valence-electron chi connectivity index (χ2n) is 5.73. The molecule has 0 spiro atoms. The molecule has 19 heavy (non-hydrogen) atoms. The van der Waals surface area contributed by atoms with Gasteiger partial charge in [0.25, 0.3) is 5.91 Å². The number of carbonyl (C=O) groups is 1. The summed E-state index contributed by atoms with van der Waals surface area (Å²) in [6, 6.07) is 4.23. The summed E-state index contributed by atoms with van der Waals surface area (Å²) in [4.78, 5) is 12.1. The Balaban J connectivity index is 0.00000324. The molecule has 1 rings (SSSR count). The van der Waals surface area contributed by atoms with Crippen molar-refractivity contribution in [3.05, 3.63) is 28.8 Å². The number of amides is 1. The zero-order valence-electron chi connectivity index (χ0n) is 13.0. The predicted molar refractivity (Wildman–Crippen MR) is 83.5 cm³/mol. The molecule has 1 aromatic rings. The Morgan fingerprint density at radius 3 is 2.05 bits per heavy atom. The molecule has 0 fully saturated rings. The molecule has 0 heterocycles. The van der Waals surface area contributed by atoms with Crippen LogP contribution in [0.4, 0.5) is 5.69 Å². The number of benzene rings is 1. The molecule has 2 nitrogen and oxygen atoms in total. The first-order valence-corrected chi connectivity index (χ1v) is 9.50. The van der Waals surface area contributed by atoms with E-state index in [1.807, 2.05) is 0 Å². The molecule has 0 unspecified atom stereocenters. The Kier molecular flexibility index (Phi) is 7.95. The van der Waals surface area contributed by atoms with Gasteiger partial charge in [0, 0.05) is 59.0 Å². The number of carbonyl (C=O) groups excluding carboxylic acids is 1. The quantitative estimate of drug-likeness (QED) is 0.817. The first kappa shape index (κ1) is 19.2. The van der Waals surface area contributed by atoms with Crippen LogP contribution in [0, 0.1) is 20.8 Å². The van der Waals surface area contributed by atoms with Crippen LogP contribution in [0.1, 0.15) is 23.6 Å². The molecule has 1 aromatic carbocycles. The Bertz CT molecular complexity index is 434. The van der Waals surface area contributed by atoms with Gasteiger partial charge >= 0.3 is 0 Å². The van der Waals surface area contributed by atoms with E-state index in [9.17, 15) is 4.79 Å².